The van der Waals surface area contributed by atoms with Gasteiger partial charge < -0.3 is 14.6 Å². The lowest BCUT2D eigenvalue weighted by Crippen LogP contribution is -2.32. The second kappa shape index (κ2) is 9.69. The molecule has 0 saturated carbocycles. The number of carbonyl (C=O) groups excluding carboxylic acids is 2. The van der Waals surface area contributed by atoms with Crippen LogP contribution in [0.2, 0.25) is 0 Å². The number of phenols is 1. The molecule has 3 rings (SSSR count). The lowest BCUT2D eigenvalue weighted by atomic mass is 10.2. The lowest BCUT2D eigenvalue weighted by Gasteiger charge is -2.13. The molecule has 1 aliphatic rings. The highest BCUT2D eigenvalue weighted by atomic mass is 79.9. The van der Waals surface area contributed by atoms with Crippen molar-refractivity contribution >= 4 is 60.8 Å². The summed E-state index contributed by atoms with van der Waals surface area (Å²) < 4.78 is 12.0. The van der Waals surface area contributed by atoms with Crippen molar-refractivity contribution < 1.29 is 24.2 Å². The number of phenolic OH excluding ortho intramolecular Hbond substituents is 1. The smallest absolute Gasteiger partial charge is 0.293 e. The molecule has 1 aliphatic heterocycles. The number of halogens is 2. The molecule has 0 bridgehead atoms. The van der Waals surface area contributed by atoms with Gasteiger partial charge in [0.25, 0.3) is 11.1 Å². The van der Waals surface area contributed by atoms with E-state index < -0.39 is 0 Å². The molecular formula is C20H17Br2NO5S. The van der Waals surface area contributed by atoms with Crippen LogP contribution in [0.5, 0.6) is 17.2 Å². The van der Waals surface area contributed by atoms with Crippen LogP contribution < -0.4 is 9.47 Å². The van der Waals surface area contributed by atoms with Crippen molar-refractivity contribution in [1.29, 1.82) is 0 Å². The first-order valence-electron chi connectivity index (χ1n) is 8.69. The monoisotopic (exact) mass is 541 g/mol. The maximum Gasteiger partial charge on any atom is 0.293 e. The third kappa shape index (κ3) is 4.96. The molecule has 2 amide bonds. The van der Waals surface area contributed by atoms with E-state index in [9.17, 15) is 14.7 Å². The number of aromatic hydroxyl groups is 1. The van der Waals surface area contributed by atoms with Crippen molar-refractivity contribution in [3.8, 4) is 17.2 Å². The Morgan fingerprint density at radius 3 is 2.55 bits per heavy atom. The predicted octanol–water partition coefficient (Wildman–Crippen LogP) is 5.43. The number of para-hydroxylation sites is 1. The summed E-state index contributed by atoms with van der Waals surface area (Å²) in [6.45, 7) is 2.54. The van der Waals surface area contributed by atoms with Gasteiger partial charge in [-0.05, 0) is 80.4 Å². The van der Waals surface area contributed by atoms with E-state index in [-0.39, 0.29) is 40.7 Å². The highest BCUT2D eigenvalue weighted by molar-refractivity contribution is 9.13. The summed E-state index contributed by atoms with van der Waals surface area (Å²) in [5.41, 5.74) is 0.601. The fourth-order valence-corrected chi connectivity index (χ4v) is 4.28. The summed E-state index contributed by atoms with van der Waals surface area (Å²) in [6.07, 6.45) is 1.60. The number of carbonyl (C=O) groups is 2. The van der Waals surface area contributed by atoms with Crippen molar-refractivity contribution in [3.05, 3.63) is 55.8 Å². The molecule has 0 aliphatic carbocycles. The number of benzene rings is 2. The quantitative estimate of drug-likeness (QED) is 0.470. The van der Waals surface area contributed by atoms with Crippen LogP contribution in [0.25, 0.3) is 6.08 Å². The van der Waals surface area contributed by atoms with E-state index in [0.29, 0.717) is 26.9 Å². The Balaban J connectivity index is 1.76. The number of hydrogen-bond acceptors (Lipinski definition) is 6. The lowest BCUT2D eigenvalue weighted by molar-refractivity contribution is -0.123. The summed E-state index contributed by atoms with van der Waals surface area (Å²) in [5.74, 6) is 0.536. The number of hydrogen-bond donors (Lipinski definition) is 1. The SMILES string of the molecule is CCOc1cc(/C=C2\SC(=O)N(CCOc3ccccc3)C2=O)c(Br)c(Br)c1O. The molecular weight excluding hydrogens is 526 g/mol. The van der Waals surface area contributed by atoms with Gasteiger partial charge in [0, 0.05) is 4.47 Å². The van der Waals surface area contributed by atoms with Crippen LogP contribution in [0.15, 0.2) is 50.2 Å². The van der Waals surface area contributed by atoms with Crippen molar-refractivity contribution in [3.63, 3.8) is 0 Å². The first-order chi connectivity index (χ1) is 13.9. The van der Waals surface area contributed by atoms with Gasteiger partial charge in [-0.2, -0.15) is 0 Å². The molecule has 0 atom stereocenters. The number of amides is 2. The van der Waals surface area contributed by atoms with Gasteiger partial charge in [-0.1, -0.05) is 18.2 Å². The van der Waals surface area contributed by atoms with Crippen molar-refractivity contribution in [2.75, 3.05) is 19.8 Å². The highest BCUT2D eigenvalue weighted by Gasteiger charge is 2.35. The Morgan fingerprint density at radius 1 is 1.14 bits per heavy atom. The third-order valence-electron chi connectivity index (χ3n) is 3.96. The van der Waals surface area contributed by atoms with Gasteiger partial charge in [0.05, 0.1) is 22.5 Å². The molecule has 2 aromatic rings. The molecule has 1 saturated heterocycles. The average molecular weight is 543 g/mol. The third-order valence-corrected chi connectivity index (χ3v) is 7.03. The topological polar surface area (TPSA) is 76.1 Å². The fraction of sp³-hybridized carbons (Fsp3) is 0.200. The molecule has 2 aromatic carbocycles. The van der Waals surface area contributed by atoms with Crippen LogP contribution >= 0.6 is 43.6 Å². The summed E-state index contributed by atoms with van der Waals surface area (Å²) in [4.78, 5) is 26.4. The van der Waals surface area contributed by atoms with Gasteiger partial charge in [-0.15, -0.1) is 0 Å². The van der Waals surface area contributed by atoms with E-state index in [1.807, 2.05) is 30.3 Å². The van der Waals surface area contributed by atoms with Crippen LogP contribution in [0.3, 0.4) is 0 Å². The van der Waals surface area contributed by atoms with Gasteiger partial charge >= 0.3 is 0 Å². The van der Waals surface area contributed by atoms with Crippen molar-refractivity contribution in [1.82, 2.24) is 4.90 Å². The Morgan fingerprint density at radius 2 is 1.86 bits per heavy atom. The van der Waals surface area contributed by atoms with E-state index in [4.69, 9.17) is 9.47 Å². The summed E-state index contributed by atoms with van der Waals surface area (Å²) >= 11 is 7.56. The number of rotatable bonds is 7. The minimum atomic E-state index is -0.384. The van der Waals surface area contributed by atoms with Gasteiger partial charge in [0.15, 0.2) is 11.5 Å². The average Bonchev–Trinajstić information content (AvgIpc) is 2.98. The molecule has 0 spiro atoms. The number of imide groups is 1. The summed E-state index contributed by atoms with van der Waals surface area (Å²) in [6, 6.07) is 10.8. The predicted molar refractivity (Wildman–Crippen MR) is 119 cm³/mol. The maximum atomic E-state index is 12.7. The molecule has 1 heterocycles. The molecule has 152 valence electrons. The molecule has 0 unspecified atom stereocenters. The number of nitrogens with zero attached hydrogens (tertiary/aromatic N) is 1. The highest BCUT2D eigenvalue weighted by Crippen LogP contribution is 2.43. The zero-order valence-electron chi connectivity index (χ0n) is 15.4. The summed E-state index contributed by atoms with van der Waals surface area (Å²) in [7, 11) is 0. The van der Waals surface area contributed by atoms with Gasteiger partial charge in [-0.3, -0.25) is 14.5 Å². The first-order valence-corrected chi connectivity index (χ1v) is 11.1. The largest absolute Gasteiger partial charge is 0.503 e. The van der Waals surface area contributed by atoms with Crippen LogP contribution in [-0.2, 0) is 4.79 Å². The second-order valence-corrected chi connectivity index (χ2v) is 8.45. The van der Waals surface area contributed by atoms with E-state index in [1.54, 1.807) is 19.1 Å². The van der Waals surface area contributed by atoms with Crippen LogP contribution in [0, 0.1) is 0 Å². The van der Waals surface area contributed by atoms with Crippen molar-refractivity contribution in [2.24, 2.45) is 0 Å². The van der Waals surface area contributed by atoms with Crippen molar-refractivity contribution in [2.45, 2.75) is 6.92 Å². The molecule has 1 N–H and O–H groups in total. The standard InChI is InChI=1S/C20H17Br2NO5S/c1-2-27-14-10-12(16(21)17(22)18(14)24)11-15-19(25)23(20(26)29-15)8-9-28-13-6-4-3-5-7-13/h3-7,10-11,24H,2,8-9H2,1H3/b15-11-. The molecule has 9 heteroatoms. The van der Waals surface area contributed by atoms with Crippen LogP contribution in [0.1, 0.15) is 12.5 Å². The van der Waals surface area contributed by atoms with Crippen LogP contribution in [-0.4, -0.2) is 40.9 Å². The molecule has 1 fully saturated rings. The molecule has 29 heavy (non-hydrogen) atoms. The minimum absolute atomic E-state index is 0.0398. The number of thioether (sulfide) groups is 1. The Kier molecular flexibility index (Phi) is 7.26. The molecule has 0 radical (unpaired) electrons. The van der Waals surface area contributed by atoms with Gasteiger partial charge in [0.1, 0.15) is 12.4 Å². The van der Waals surface area contributed by atoms with Crippen LogP contribution in [0.4, 0.5) is 4.79 Å². The van der Waals surface area contributed by atoms with E-state index in [2.05, 4.69) is 31.9 Å². The van der Waals surface area contributed by atoms with E-state index in [1.165, 1.54) is 0 Å². The van der Waals surface area contributed by atoms with Gasteiger partial charge in [0.2, 0.25) is 0 Å². The Hall–Kier alpha value is -1.97. The number of ether oxygens (including phenoxy) is 2. The second-order valence-electron chi connectivity index (χ2n) is 5.87. The zero-order chi connectivity index (χ0) is 21.0. The Bertz CT molecular complexity index is 965. The maximum absolute atomic E-state index is 12.7. The minimum Gasteiger partial charge on any atom is -0.503 e. The summed E-state index contributed by atoms with van der Waals surface area (Å²) in [5, 5.41) is 9.80. The fourth-order valence-electron chi connectivity index (χ4n) is 2.59. The van der Waals surface area contributed by atoms with E-state index >= 15 is 0 Å². The first kappa shape index (κ1) is 21.7. The normalized spacial score (nSPS) is 15.3. The Labute approximate surface area is 189 Å². The molecule has 0 aromatic heterocycles. The van der Waals surface area contributed by atoms with E-state index in [0.717, 1.165) is 16.7 Å². The molecule has 6 nitrogen and oxygen atoms in total. The zero-order valence-corrected chi connectivity index (χ0v) is 19.3. The van der Waals surface area contributed by atoms with Gasteiger partial charge in [-0.25, -0.2) is 0 Å².